The molecule has 1 saturated heterocycles. The van der Waals surface area contributed by atoms with Crippen LogP contribution in [0.2, 0.25) is 0 Å². The largest absolute Gasteiger partial charge is 0.373 e. The van der Waals surface area contributed by atoms with E-state index < -0.39 is 6.23 Å². The molecule has 0 spiro atoms. The van der Waals surface area contributed by atoms with Crippen LogP contribution in [0.5, 0.6) is 0 Å². The van der Waals surface area contributed by atoms with Crippen LogP contribution in [0.25, 0.3) is 0 Å². The highest BCUT2D eigenvalue weighted by atomic mass is 127. The average molecular weight is 339 g/mol. The lowest BCUT2D eigenvalue weighted by Crippen LogP contribution is -2.52. The topological polar surface area (TPSA) is 40.5 Å². The summed E-state index contributed by atoms with van der Waals surface area (Å²) in [5.74, 6) is 0.120. The van der Waals surface area contributed by atoms with E-state index >= 15 is 0 Å². The van der Waals surface area contributed by atoms with Gasteiger partial charge >= 0.3 is 0 Å². The predicted octanol–water partition coefficient (Wildman–Crippen LogP) is 2.56. The van der Waals surface area contributed by atoms with Crippen molar-refractivity contribution in [3.8, 4) is 0 Å². The number of hydrogen-bond acceptors (Lipinski definition) is 2. The summed E-state index contributed by atoms with van der Waals surface area (Å²) in [6.45, 7) is 10.3. The molecule has 0 aromatic rings. The number of rotatable bonds is 3. The molecule has 0 aliphatic carbocycles. The Balaban J connectivity index is 2.87. The summed E-state index contributed by atoms with van der Waals surface area (Å²) in [6, 6.07) is 0. The fourth-order valence-electron chi connectivity index (χ4n) is 2.69. The molecule has 1 heterocycles. The Morgan fingerprint density at radius 3 is 2.25 bits per heavy atom. The van der Waals surface area contributed by atoms with Gasteiger partial charge in [0.25, 0.3) is 0 Å². The predicted molar refractivity (Wildman–Crippen MR) is 73.4 cm³/mol. The molecule has 1 aliphatic heterocycles. The van der Waals surface area contributed by atoms with Gasteiger partial charge in [0, 0.05) is 21.3 Å². The number of carbonyl (C=O) groups is 1. The van der Waals surface area contributed by atoms with E-state index in [1.807, 2.05) is 20.8 Å². The maximum absolute atomic E-state index is 11.9. The maximum Gasteiger partial charge on any atom is 0.225 e. The summed E-state index contributed by atoms with van der Waals surface area (Å²) in [6.07, 6.45) is 0.712. The first-order valence-corrected chi connectivity index (χ1v) is 6.82. The number of aliphatic hydroxyl groups excluding tert-OH is 1. The van der Waals surface area contributed by atoms with Crippen LogP contribution in [0, 0.1) is 5.92 Å². The van der Waals surface area contributed by atoms with Gasteiger partial charge in [-0.05, 0) is 20.3 Å². The Kier molecular flexibility index (Phi) is 3.95. The van der Waals surface area contributed by atoms with Crippen molar-refractivity contribution in [2.24, 2.45) is 5.92 Å². The lowest BCUT2D eigenvalue weighted by atomic mass is 9.91. The van der Waals surface area contributed by atoms with Crippen molar-refractivity contribution in [3.63, 3.8) is 0 Å². The van der Waals surface area contributed by atoms with Gasteiger partial charge in [-0.3, -0.25) is 4.79 Å². The smallest absolute Gasteiger partial charge is 0.225 e. The van der Waals surface area contributed by atoms with Crippen LogP contribution in [0.4, 0.5) is 0 Å². The fourth-order valence-corrected chi connectivity index (χ4v) is 3.62. The van der Waals surface area contributed by atoms with Crippen molar-refractivity contribution in [2.45, 2.75) is 62.6 Å². The molecule has 3 nitrogen and oxygen atoms in total. The van der Waals surface area contributed by atoms with Gasteiger partial charge in [-0.2, -0.15) is 0 Å². The van der Waals surface area contributed by atoms with Crippen molar-refractivity contribution >= 4 is 28.5 Å². The molecule has 0 saturated carbocycles. The van der Waals surface area contributed by atoms with E-state index in [9.17, 15) is 9.90 Å². The van der Waals surface area contributed by atoms with Gasteiger partial charge in [0.2, 0.25) is 5.91 Å². The van der Waals surface area contributed by atoms with Crippen LogP contribution in [-0.2, 0) is 4.79 Å². The molecule has 1 N–H and O–H groups in total. The molecule has 0 aromatic heterocycles. The first-order valence-electron chi connectivity index (χ1n) is 5.74. The number of alkyl halides is 1. The molecule has 1 fully saturated rings. The molecule has 1 amide bonds. The summed E-state index contributed by atoms with van der Waals surface area (Å²) >= 11 is 2.39. The molecule has 0 bridgehead atoms. The second kappa shape index (κ2) is 4.44. The van der Waals surface area contributed by atoms with Gasteiger partial charge in [0.05, 0.1) is 0 Å². The minimum atomic E-state index is -0.624. The third kappa shape index (κ3) is 3.09. The normalized spacial score (nSPS) is 27.7. The second-order valence-electron chi connectivity index (χ2n) is 6.07. The van der Waals surface area contributed by atoms with Crippen molar-refractivity contribution in [1.82, 2.24) is 4.90 Å². The van der Waals surface area contributed by atoms with Crippen molar-refractivity contribution in [2.75, 3.05) is 0 Å². The molecule has 1 rings (SSSR count). The highest BCUT2D eigenvalue weighted by Gasteiger charge is 2.45. The molecule has 4 heteroatoms. The number of amides is 1. The lowest BCUT2D eigenvalue weighted by molar-refractivity contribution is -0.142. The Morgan fingerprint density at radius 1 is 1.44 bits per heavy atom. The Bertz CT molecular complexity index is 283. The average Bonchev–Trinajstić information content (AvgIpc) is 2.20. The number of carbonyl (C=O) groups excluding carboxylic acids is 1. The number of likely N-dealkylation sites (tertiary alicyclic amines) is 1. The third-order valence-electron chi connectivity index (χ3n) is 3.04. The summed E-state index contributed by atoms with van der Waals surface area (Å²) in [7, 11) is 0. The molecule has 0 aromatic carbocycles. The van der Waals surface area contributed by atoms with E-state index in [-0.39, 0.29) is 20.8 Å². The highest BCUT2D eigenvalue weighted by Crippen LogP contribution is 2.37. The Morgan fingerprint density at radius 2 is 1.94 bits per heavy atom. The molecule has 2 unspecified atom stereocenters. The first kappa shape index (κ1) is 14.2. The Labute approximate surface area is 112 Å². The van der Waals surface area contributed by atoms with Crippen LogP contribution < -0.4 is 0 Å². The molecule has 0 radical (unpaired) electrons. The van der Waals surface area contributed by atoms with Gasteiger partial charge in [-0.15, -0.1) is 0 Å². The van der Waals surface area contributed by atoms with E-state index in [0.717, 1.165) is 6.42 Å². The van der Waals surface area contributed by atoms with E-state index in [2.05, 4.69) is 36.4 Å². The first-order chi connectivity index (χ1) is 7.04. The molecular weight excluding hydrogens is 317 g/mol. The quantitative estimate of drug-likeness (QED) is 0.634. The van der Waals surface area contributed by atoms with Crippen LogP contribution >= 0.6 is 22.6 Å². The van der Waals surface area contributed by atoms with Gasteiger partial charge in [-0.25, -0.2) is 0 Å². The Hall–Kier alpha value is 0.160. The van der Waals surface area contributed by atoms with E-state index in [4.69, 9.17) is 0 Å². The maximum atomic E-state index is 11.9. The lowest BCUT2D eigenvalue weighted by Gasteiger charge is -2.41. The number of aliphatic hydroxyl groups is 1. The highest BCUT2D eigenvalue weighted by molar-refractivity contribution is 14.1. The standard InChI is InChI=1S/C12H22INO2/c1-8-6-9(15)14(10(8)16)12(4,5)7-11(2,3)13/h8,10,16H,6-7H2,1-5H3. The molecular formula is C12H22INO2. The molecule has 16 heavy (non-hydrogen) atoms. The zero-order chi connectivity index (χ0) is 12.7. The minimum Gasteiger partial charge on any atom is -0.373 e. The summed E-state index contributed by atoms with van der Waals surface area (Å²) in [5, 5.41) is 10.1. The number of nitrogens with zero attached hydrogens (tertiary/aromatic N) is 1. The van der Waals surface area contributed by atoms with Gasteiger partial charge < -0.3 is 10.0 Å². The fraction of sp³-hybridized carbons (Fsp3) is 0.917. The van der Waals surface area contributed by atoms with Crippen LogP contribution in [0.15, 0.2) is 0 Å². The number of halogens is 1. The third-order valence-corrected chi connectivity index (χ3v) is 3.43. The van der Waals surface area contributed by atoms with E-state index in [1.165, 1.54) is 0 Å². The summed E-state index contributed by atoms with van der Waals surface area (Å²) < 4.78 is 0.118. The van der Waals surface area contributed by atoms with Gasteiger partial charge in [0.1, 0.15) is 6.23 Å². The monoisotopic (exact) mass is 339 g/mol. The molecule has 2 atom stereocenters. The van der Waals surface area contributed by atoms with E-state index in [1.54, 1.807) is 4.90 Å². The summed E-state index contributed by atoms with van der Waals surface area (Å²) in [5.41, 5.74) is -0.286. The zero-order valence-corrected chi connectivity index (χ0v) is 12.9. The SMILES string of the molecule is CC1CC(=O)N(C(C)(C)CC(C)(C)I)C1O. The van der Waals surface area contributed by atoms with E-state index in [0.29, 0.717) is 6.42 Å². The zero-order valence-electron chi connectivity index (χ0n) is 10.7. The van der Waals surface area contributed by atoms with Crippen molar-refractivity contribution in [1.29, 1.82) is 0 Å². The van der Waals surface area contributed by atoms with Gasteiger partial charge in [0.15, 0.2) is 0 Å². The van der Waals surface area contributed by atoms with Crippen LogP contribution in [0.1, 0.15) is 47.5 Å². The van der Waals surface area contributed by atoms with Crippen LogP contribution in [0.3, 0.4) is 0 Å². The van der Waals surface area contributed by atoms with Crippen LogP contribution in [-0.4, -0.2) is 31.1 Å². The molecule has 1 aliphatic rings. The number of hydrogen-bond donors (Lipinski definition) is 1. The second-order valence-corrected chi connectivity index (χ2v) is 8.99. The van der Waals surface area contributed by atoms with Gasteiger partial charge in [-0.1, -0.05) is 43.4 Å². The molecule has 94 valence electrons. The summed E-state index contributed by atoms with van der Waals surface area (Å²) in [4.78, 5) is 13.6. The van der Waals surface area contributed by atoms with Crippen molar-refractivity contribution in [3.05, 3.63) is 0 Å². The minimum absolute atomic E-state index is 0.0455. The van der Waals surface area contributed by atoms with Crippen molar-refractivity contribution < 1.29 is 9.90 Å².